The fourth-order valence-electron chi connectivity index (χ4n) is 7.10. The van der Waals surface area contributed by atoms with Gasteiger partial charge in [-0.05, 0) is 101 Å². The number of carbonyl (C=O) groups excluding carboxylic acids is 2. The van der Waals surface area contributed by atoms with E-state index in [4.69, 9.17) is 19.3 Å². The quantitative estimate of drug-likeness (QED) is 0.161. The summed E-state index contributed by atoms with van der Waals surface area (Å²) in [5, 5.41) is 12.7. The van der Waals surface area contributed by atoms with Crippen molar-refractivity contribution in [3.63, 3.8) is 0 Å². The van der Waals surface area contributed by atoms with Crippen LogP contribution in [0.2, 0.25) is 0 Å². The van der Waals surface area contributed by atoms with Crippen molar-refractivity contribution in [1.29, 1.82) is 0 Å². The second-order valence-electron chi connectivity index (χ2n) is 13.7. The molecule has 2 fully saturated rings. The Morgan fingerprint density at radius 1 is 0.942 bits per heavy atom. The van der Waals surface area contributed by atoms with Crippen molar-refractivity contribution in [1.82, 2.24) is 15.1 Å². The number of nitrogens with one attached hydrogen (secondary N) is 1. The number of hydrogen-bond acceptors (Lipinski definition) is 7. The Hall–Kier alpha value is -4.42. The Morgan fingerprint density at radius 3 is 2.35 bits per heavy atom. The first-order chi connectivity index (χ1) is 25.1. The zero-order chi connectivity index (χ0) is 36.8. The predicted octanol–water partition coefficient (Wildman–Crippen LogP) is 6.39. The van der Waals surface area contributed by atoms with Gasteiger partial charge in [0.25, 0.3) is 5.91 Å². The van der Waals surface area contributed by atoms with Crippen LogP contribution in [0.1, 0.15) is 61.6 Å². The number of rotatable bonds is 16. The van der Waals surface area contributed by atoms with Gasteiger partial charge < -0.3 is 34.4 Å². The summed E-state index contributed by atoms with van der Waals surface area (Å²) in [5.41, 5.74) is 4.65. The molecular formula is C40H45BrFN3O7. The third-order valence-electron chi connectivity index (χ3n) is 9.84. The number of methoxy groups -OCH3 is 2. The van der Waals surface area contributed by atoms with Crippen molar-refractivity contribution >= 4 is 39.3 Å². The van der Waals surface area contributed by atoms with E-state index in [1.807, 2.05) is 23.1 Å². The smallest absolute Gasteiger partial charge is 0.303 e. The maximum absolute atomic E-state index is 14.9. The molecule has 0 unspecified atom stereocenters. The van der Waals surface area contributed by atoms with Crippen LogP contribution in [-0.2, 0) is 27.3 Å². The minimum Gasteiger partial charge on any atom is -0.497 e. The molecule has 0 radical (unpaired) electrons. The summed E-state index contributed by atoms with van der Waals surface area (Å²) in [4.78, 5) is 42.9. The summed E-state index contributed by atoms with van der Waals surface area (Å²) in [6.45, 7) is 1.64. The summed E-state index contributed by atoms with van der Waals surface area (Å²) in [7, 11) is 3.21. The molecule has 3 aliphatic rings. The van der Waals surface area contributed by atoms with E-state index in [0.29, 0.717) is 60.0 Å². The number of amides is 2. The topological polar surface area (TPSA) is 118 Å². The number of aliphatic carboxylic acids is 1. The minimum atomic E-state index is -0.921. The number of ether oxygens (including phenoxy) is 3. The molecule has 3 aromatic rings. The Labute approximate surface area is 312 Å². The highest BCUT2D eigenvalue weighted by molar-refractivity contribution is 9.10. The SMILES string of the molecule is COc1cc(CN(C(=O)C2=C(c3ccc(CCCOc4cc(F)ccc4Br)cc3)C[C@@H]3CN(C(=O)CCCC(=O)O)C[C@H]2N3)C2CC2)cc(OC)c1. The van der Waals surface area contributed by atoms with Gasteiger partial charge >= 0.3 is 5.97 Å². The van der Waals surface area contributed by atoms with Gasteiger partial charge in [0.2, 0.25) is 5.91 Å². The molecule has 2 amide bonds. The molecule has 1 aliphatic carbocycles. The Balaban J connectivity index is 1.24. The van der Waals surface area contributed by atoms with E-state index < -0.39 is 5.97 Å². The third-order valence-corrected chi connectivity index (χ3v) is 10.5. The normalized spacial score (nSPS) is 18.2. The van der Waals surface area contributed by atoms with Crippen LogP contribution in [0.15, 0.2) is 70.7 Å². The van der Waals surface area contributed by atoms with Crippen molar-refractivity contribution < 1.29 is 38.1 Å². The largest absolute Gasteiger partial charge is 0.497 e. The van der Waals surface area contributed by atoms with Crippen LogP contribution in [0.4, 0.5) is 4.39 Å². The number of carboxylic acids is 1. The van der Waals surface area contributed by atoms with Gasteiger partial charge in [0, 0.05) is 62.3 Å². The fraction of sp³-hybridized carbons (Fsp3) is 0.425. The maximum atomic E-state index is 14.9. The molecule has 6 rings (SSSR count). The van der Waals surface area contributed by atoms with E-state index in [1.165, 1.54) is 12.1 Å². The Kier molecular flexibility index (Phi) is 12.2. The maximum Gasteiger partial charge on any atom is 0.303 e. The molecule has 2 heterocycles. The Morgan fingerprint density at radius 2 is 1.67 bits per heavy atom. The number of fused-ring (bicyclic) bond motifs is 2. The summed E-state index contributed by atoms with van der Waals surface area (Å²) < 4.78 is 31.2. The van der Waals surface area contributed by atoms with Gasteiger partial charge in [-0.15, -0.1) is 0 Å². The molecule has 1 saturated carbocycles. The third kappa shape index (κ3) is 9.32. The highest BCUT2D eigenvalue weighted by Gasteiger charge is 2.43. The van der Waals surface area contributed by atoms with Crippen molar-refractivity contribution in [3.8, 4) is 17.2 Å². The van der Waals surface area contributed by atoms with E-state index in [0.717, 1.165) is 47.9 Å². The molecule has 276 valence electrons. The zero-order valence-corrected chi connectivity index (χ0v) is 31.1. The molecule has 2 bridgehead atoms. The monoisotopic (exact) mass is 777 g/mol. The van der Waals surface area contributed by atoms with Gasteiger partial charge in [-0.2, -0.15) is 0 Å². The van der Waals surface area contributed by atoms with Crippen LogP contribution >= 0.6 is 15.9 Å². The number of carboxylic acid groups (broad SMARTS) is 1. The molecule has 0 spiro atoms. The molecular weight excluding hydrogens is 733 g/mol. The van der Waals surface area contributed by atoms with E-state index >= 15 is 0 Å². The second-order valence-corrected chi connectivity index (χ2v) is 14.5. The van der Waals surface area contributed by atoms with Crippen LogP contribution in [0.5, 0.6) is 17.2 Å². The first kappa shape index (κ1) is 37.3. The number of piperazine rings is 1. The van der Waals surface area contributed by atoms with E-state index in [-0.39, 0.29) is 55.0 Å². The van der Waals surface area contributed by atoms with Gasteiger partial charge in [0.1, 0.15) is 23.1 Å². The molecule has 0 aromatic heterocycles. The van der Waals surface area contributed by atoms with Crippen molar-refractivity contribution in [3.05, 3.63) is 93.2 Å². The van der Waals surface area contributed by atoms with Crippen molar-refractivity contribution in [2.45, 2.75) is 76.0 Å². The summed E-state index contributed by atoms with van der Waals surface area (Å²) in [6.07, 6.45) is 4.28. The van der Waals surface area contributed by atoms with Crippen LogP contribution < -0.4 is 19.5 Å². The second kappa shape index (κ2) is 16.9. The average Bonchev–Trinajstić information content (AvgIpc) is 3.98. The summed E-state index contributed by atoms with van der Waals surface area (Å²) in [6, 6.07) is 18.0. The number of nitrogens with zero attached hydrogens (tertiary/aromatic N) is 2. The van der Waals surface area contributed by atoms with Gasteiger partial charge in [0.05, 0.1) is 31.3 Å². The number of hydrogen-bond donors (Lipinski definition) is 2. The number of benzene rings is 3. The van der Waals surface area contributed by atoms with Crippen LogP contribution in [0.3, 0.4) is 0 Å². The lowest BCUT2D eigenvalue weighted by Gasteiger charge is -2.45. The fourth-order valence-corrected chi connectivity index (χ4v) is 7.46. The van der Waals surface area contributed by atoms with E-state index in [1.54, 1.807) is 25.2 Å². The van der Waals surface area contributed by atoms with Crippen molar-refractivity contribution in [2.75, 3.05) is 33.9 Å². The predicted molar refractivity (Wildman–Crippen MR) is 198 cm³/mol. The summed E-state index contributed by atoms with van der Waals surface area (Å²) >= 11 is 3.40. The number of carbonyl (C=O) groups is 3. The molecule has 2 atom stereocenters. The standard InChI is InChI=1S/C40H45BrFN3O7/c1-50-31-17-26(18-32(21-31)51-2)22-45(30-13-14-30)40(49)39-33(20-29-23-44(24-35(39)43-29)37(46)6-3-7-38(47)48)27-10-8-25(9-11-27)5-4-16-52-36-19-28(42)12-15-34(36)41/h8-12,15,17-19,21,29-30,35,43H,3-7,13-14,16,20,22-24H2,1-2H3,(H,47,48)/t29-,35-/m1/s1. The number of aryl methyl sites for hydroxylation is 1. The van der Waals surface area contributed by atoms with Crippen LogP contribution in [0.25, 0.3) is 5.57 Å². The highest BCUT2D eigenvalue weighted by atomic mass is 79.9. The van der Waals surface area contributed by atoms with Crippen molar-refractivity contribution in [2.24, 2.45) is 0 Å². The summed E-state index contributed by atoms with van der Waals surface area (Å²) in [5.74, 6) is 0.362. The van der Waals surface area contributed by atoms with E-state index in [2.05, 4.69) is 45.5 Å². The molecule has 2 aliphatic heterocycles. The lowest BCUT2D eigenvalue weighted by atomic mass is 9.82. The molecule has 10 nitrogen and oxygen atoms in total. The van der Waals surface area contributed by atoms with Gasteiger partial charge in [-0.1, -0.05) is 24.3 Å². The molecule has 1 saturated heterocycles. The molecule has 12 heteroatoms. The zero-order valence-electron chi connectivity index (χ0n) is 29.5. The van der Waals surface area contributed by atoms with Crippen LogP contribution in [-0.4, -0.2) is 84.7 Å². The van der Waals surface area contributed by atoms with Gasteiger partial charge in [0.15, 0.2) is 0 Å². The molecule has 2 N–H and O–H groups in total. The first-order valence-corrected chi connectivity index (χ1v) is 18.6. The lowest BCUT2D eigenvalue weighted by Crippen LogP contribution is -2.62. The Bertz CT molecular complexity index is 1790. The average molecular weight is 779 g/mol. The minimum absolute atomic E-state index is 0.0512. The van der Waals surface area contributed by atoms with Gasteiger partial charge in [-0.25, -0.2) is 4.39 Å². The lowest BCUT2D eigenvalue weighted by molar-refractivity contribution is -0.138. The van der Waals surface area contributed by atoms with Crippen LogP contribution in [0, 0.1) is 5.82 Å². The number of halogens is 2. The molecule has 52 heavy (non-hydrogen) atoms. The van der Waals surface area contributed by atoms with E-state index in [9.17, 15) is 18.8 Å². The van der Waals surface area contributed by atoms with Gasteiger partial charge in [-0.3, -0.25) is 14.4 Å². The molecule has 3 aromatic carbocycles. The highest BCUT2D eigenvalue weighted by Crippen LogP contribution is 2.38. The first-order valence-electron chi connectivity index (χ1n) is 17.8.